The van der Waals surface area contributed by atoms with Gasteiger partial charge in [-0.15, -0.1) is 0 Å². The van der Waals surface area contributed by atoms with E-state index in [1.807, 2.05) is 38.1 Å². The van der Waals surface area contributed by atoms with Gasteiger partial charge in [0.05, 0.1) is 22.3 Å². The first-order valence-corrected chi connectivity index (χ1v) is 9.78. The van der Waals surface area contributed by atoms with Gasteiger partial charge in [0.25, 0.3) is 5.91 Å². The zero-order valence-electron chi connectivity index (χ0n) is 16.4. The summed E-state index contributed by atoms with van der Waals surface area (Å²) in [6.45, 7) is 3.94. The lowest BCUT2D eigenvalue weighted by Crippen LogP contribution is -2.35. The second kappa shape index (κ2) is 8.72. The molecule has 29 heavy (non-hydrogen) atoms. The Kier molecular flexibility index (Phi) is 6.30. The molecular formula is C22H21Cl2N3O2. The van der Waals surface area contributed by atoms with Crippen LogP contribution >= 0.6 is 23.2 Å². The number of carbonyl (C=O) groups is 2. The Hall–Kier alpha value is -2.76. The Morgan fingerprint density at radius 3 is 2.03 bits per heavy atom. The summed E-state index contributed by atoms with van der Waals surface area (Å²) in [5, 5.41) is 3.33. The van der Waals surface area contributed by atoms with E-state index in [0.29, 0.717) is 21.3 Å². The Labute approximate surface area is 179 Å². The number of likely N-dealkylation sites (N-methyl/N-ethyl adjacent to an activating group) is 1. The number of hydrogen-bond donors (Lipinski definition) is 1. The quantitative estimate of drug-likeness (QED) is 0.612. The third-order valence-electron chi connectivity index (χ3n) is 4.60. The number of aryl methyl sites for hydroxylation is 2. The van der Waals surface area contributed by atoms with Crippen LogP contribution in [0, 0.1) is 13.8 Å². The van der Waals surface area contributed by atoms with Crippen LogP contribution in [0.3, 0.4) is 0 Å². The lowest BCUT2D eigenvalue weighted by molar-refractivity contribution is -0.116. The van der Waals surface area contributed by atoms with Gasteiger partial charge in [-0.3, -0.25) is 9.59 Å². The van der Waals surface area contributed by atoms with Crippen molar-refractivity contribution in [2.24, 2.45) is 0 Å². The average Bonchev–Trinajstić information content (AvgIpc) is 3.02. The van der Waals surface area contributed by atoms with E-state index in [-0.39, 0.29) is 18.4 Å². The number of aromatic nitrogens is 1. The van der Waals surface area contributed by atoms with Crippen LogP contribution in [0.4, 0.5) is 5.69 Å². The molecule has 3 aromatic rings. The van der Waals surface area contributed by atoms with Gasteiger partial charge in [-0.1, -0.05) is 29.3 Å². The van der Waals surface area contributed by atoms with Crippen molar-refractivity contribution >= 4 is 40.7 Å². The second-order valence-corrected chi connectivity index (χ2v) is 7.62. The molecule has 7 heteroatoms. The average molecular weight is 430 g/mol. The molecule has 0 spiro atoms. The van der Waals surface area contributed by atoms with Crippen LogP contribution in [-0.2, 0) is 4.79 Å². The number of benzene rings is 2. The molecule has 0 saturated carbocycles. The van der Waals surface area contributed by atoms with Crippen LogP contribution in [-0.4, -0.2) is 34.9 Å². The van der Waals surface area contributed by atoms with E-state index in [1.54, 1.807) is 37.4 Å². The molecular weight excluding hydrogens is 409 g/mol. The van der Waals surface area contributed by atoms with Gasteiger partial charge >= 0.3 is 0 Å². The zero-order chi connectivity index (χ0) is 21.1. The standard InChI is InChI=1S/C22H21Cl2N3O2/c1-14-7-8-15(2)27(14)17-11-9-16(10-12-17)22(29)26(3)13-20(28)25-21-18(23)5-4-6-19(21)24/h4-12H,13H2,1-3H3,(H,25,28). The summed E-state index contributed by atoms with van der Waals surface area (Å²) in [4.78, 5) is 26.4. The van der Waals surface area contributed by atoms with Crippen molar-refractivity contribution in [3.63, 3.8) is 0 Å². The zero-order valence-corrected chi connectivity index (χ0v) is 17.9. The molecule has 0 saturated heterocycles. The maximum absolute atomic E-state index is 12.7. The fraction of sp³-hybridized carbons (Fsp3) is 0.182. The molecule has 5 nitrogen and oxygen atoms in total. The summed E-state index contributed by atoms with van der Waals surface area (Å²) < 4.78 is 2.11. The molecule has 0 unspecified atom stereocenters. The molecule has 1 heterocycles. The smallest absolute Gasteiger partial charge is 0.254 e. The van der Waals surface area contributed by atoms with Crippen molar-refractivity contribution in [2.45, 2.75) is 13.8 Å². The first kappa shape index (κ1) is 21.0. The second-order valence-electron chi connectivity index (χ2n) is 6.80. The van der Waals surface area contributed by atoms with Gasteiger partial charge in [-0.05, 0) is 62.4 Å². The van der Waals surface area contributed by atoms with E-state index >= 15 is 0 Å². The molecule has 1 aromatic heterocycles. The molecule has 2 aromatic carbocycles. The van der Waals surface area contributed by atoms with Gasteiger partial charge in [-0.2, -0.15) is 0 Å². The summed E-state index contributed by atoms with van der Waals surface area (Å²) in [5.41, 5.74) is 4.06. The summed E-state index contributed by atoms with van der Waals surface area (Å²) in [6, 6.07) is 16.4. The maximum Gasteiger partial charge on any atom is 0.254 e. The summed E-state index contributed by atoms with van der Waals surface area (Å²) >= 11 is 12.1. The van der Waals surface area contributed by atoms with Crippen molar-refractivity contribution in [1.82, 2.24) is 9.47 Å². The molecule has 0 fully saturated rings. The number of amides is 2. The molecule has 2 amide bonds. The summed E-state index contributed by atoms with van der Waals surface area (Å²) in [6.07, 6.45) is 0. The summed E-state index contributed by atoms with van der Waals surface area (Å²) in [7, 11) is 1.57. The van der Waals surface area contributed by atoms with E-state index in [4.69, 9.17) is 23.2 Å². The number of nitrogens with zero attached hydrogens (tertiary/aromatic N) is 2. The Balaban J connectivity index is 1.68. The number of nitrogens with one attached hydrogen (secondary N) is 1. The van der Waals surface area contributed by atoms with Gasteiger partial charge in [0.15, 0.2) is 0 Å². The fourth-order valence-corrected chi connectivity index (χ4v) is 3.62. The van der Waals surface area contributed by atoms with Crippen molar-refractivity contribution in [2.75, 3.05) is 18.9 Å². The minimum atomic E-state index is -0.383. The number of hydrogen-bond acceptors (Lipinski definition) is 2. The van der Waals surface area contributed by atoms with E-state index in [1.165, 1.54) is 4.90 Å². The van der Waals surface area contributed by atoms with Crippen LogP contribution in [0.5, 0.6) is 0 Å². The van der Waals surface area contributed by atoms with Gasteiger partial charge in [0.2, 0.25) is 5.91 Å². The van der Waals surface area contributed by atoms with E-state index in [0.717, 1.165) is 17.1 Å². The lowest BCUT2D eigenvalue weighted by Gasteiger charge is -2.18. The van der Waals surface area contributed by atoms with Crippen LogP contribution in [0.15, 0.2) is 54.6 Å². The first-order chi connectivity index (χ1) is 13.8. The summed E-state index contributed by atoms with van der Waals surface area (Å²) in [5.74, 6) is -0.635. The Bertz CT molecular complexity index is 1020. The number of carbonyl (C=O) groups excluding carboxylic acids is 2. The fourth-order valence-electron chi connectivity index (χ4n) is 3.13. The number of para-hydroxylation sites is 1. The molecule has 0 atom stereocenters. The SMILES string of the molecule is Cc1ccc(C)n1-c1ccc(C(=O)N(C)CC(=O)Nc2c(Cl)cccc2Cl)cc1. The Morgan fingerprint density at radius 1 is 0.931 bits per heavy atom. The normalized spacial score (nSPS) is 10.7. The van der Waals surface area contributed by atoms with Crippen molar-refractivity contribution in [3.05, 3.63) is 81.6 Å². The molecule has 0 aliphatic rings. The van der Waals surface area contributed by atoms with Gasteiger partial charge in [-0.25, -0.2) is 0 Å². The molecule has 0 bridgehead atoms. The number of rotatable bonds is 5. The lowest BCUT2D eigenvalue weighted by atomic mass is 10.1. The van der Waals surface area contributed by atoms with Gasteiger partial charge < -0.3 is 14.8 Å². The topological polar surface area (TPSA) is 54.3 Å². The molecule has 0 aliphatic carbocycles. The molecule has 1 N–H and O–H groups in total. The highest BCUT2D eigenvalue weighted by Crippen LogP contribution is 2.29. The van der Waals surface area contributed by atoms with Crippen LogP contribution < -0.4 is 5.32 Å². The first-order valence-electron chi connectivity index (χ1n) is 9.02. The van der Waals surface area contributed by atoms with Crippen LogP contribution in [0.2, 0.25) is 10.0 Å². The third-order valence-corrected chi connectivity index (χ3v) is 5.23. The van der Waals surface area contributed by atoms with Crippen LogP contribution in [0.1, 0.15) is 21.7 Å². The van der Waals surface area contributed by atoms with E-state index < -0.39 is 0 Å². The monoisotopic (exact) mass is 429 g/mol. The Morgan fingerprint density at radius 2 is 1.48 bits per heavy atom. The number of halogens is 2. The van der Waals surface area contributed by atoms with Gasteiger partial charge in [0, 0.05) is 29.7 Å². The van der Waals surface area contributed by atoms with Gasteiger partial charge in [0.1, 0.15) is 0 Å². The highest BCUT2D eigenvalue weighted by Gasteiger charge is 2.17. The largest absolute Gasteiger partial charge is 0.332 e. The highest BCUT2D eigenvalue weighted by molar-refractivity contribution is 6.39. The minimum Gasteiger partial charge on any atom is -0.332 e. The molecule has 3 rings (SSSR count). The maximum atomic E-state index is 12.7. The molecule has 0 aliphatic heterocycles. The molecule has 0 radical (unpaired) electrons. The third kappa shape index (κ3) is 4.63. The van der Waals surface area contributed by atoms with Crippen molar-refractivity contribution < 1.29 is 9.59 Å². The predicted molar refractivity (Wildman–Crippen MR) is 117 cm³/mol. The predicted octanol–water partition coefficient (Wildman–Crippen LogP) is 5.11. The van der Waals surface area contributed by atoms with E-state index in [9.17, 15) is 9.59 Å². The van der Waals surface area contributed by atoms with E-state index in [2.05, 4.69) is 9.88 Å². The molecule has 150 valence electrons. The van der Waals surface area contributed by atoms with Crippen molar-refractivity contribution in [3.8, 4) is 5.69 Å². The van der Waals surface area contributed by atoms with Crippen molar-refractivity contribution in [1.29, 1.82) is 0 Å². The number of anilines is 1. The minimum absolute atomic E-state index is 0.127. The van der Waals surface area contributed by atoms with Crippen LogP contribution in [0.25, 0.3) is 5.69 Å². The highest BCUT2D eigenvalue weighted by atomic mass is 35.5.